The number of aromatic nitrogens is 2. The van der Waals surface area contributed by atoms with E-state index in [9.17, 15) is 9.59 Å². The van der Waals surface area contributed by atoms with Crippen LogP contribution in [-0.2, 0) is 11.2 Å². The minimum atomic E-state index is -0.0578. The molecule has 0 aliphatic carbocycles. The second-order valence-corrected chi connectivity index (χ2v) is 9.37. The van der Waals surface area contributed by atoms with Gasteiger partial charge in [0.05, 0.1) is 23.3 Å². The number of nitrogens with zero attached hydrogens (tertiary/aromatic N) is 2. The smallest absolute Gasteiger partial charge is 0.323 e. The molecule has 158 valence electrons. The van der Waals surface area contributed by atoms with Gasteiger partial charge in [0.1, 0.15) is 0 Å². The van der Waals surface area contributed by atoms with E-state index in [1.54, 1.807) is 0 Å². The van der Waals surface area contributed by atoms with Crippen molar-refractivity contribution in [3.05, 3.63) is 61.4 Å². The number of amides is 1. The highest BCUT2D eigenvalue weighted by Gasteiger charge is 2.25. The lowest BCUT2D eigenvalue weighted by molar-refractivity contribution is -0.117. The van der Waals surface area contributed by atoms with Crippen molar-refractivity contribution in [1.82, 2.24) is 14.5 Å². The molecule has 0 atom stereocenters. The predicted molar refractivity (Wildman–Crippen MR) is 127 cm³/mol. The van der Waals surface area contributed by atoms with Gasteiger partial charge in [-0.1, -0.05) is 19.1 Å². The Morgan fingerprint density at radius 1 is 1.17 bits per heavy atom. The van der Waals surface area contributed by atoms with E-state index in [1.165, 1.54) is 5.56 Å². The first-order valence-electron chi connectivity index (χ1n) is 10.2. The number of nitrogens with one attached hydrogen (secondary N) is 2. The molecule has 2 aromatic carbocycles. The minimum Gasteiger partial charge on any atom is -0.323 e. The quantitative estimate of drug-likeness (QED) is 0.498. The highest BCUT2D eigenvalue weighted by Crippen LogP contribution is 2.33. The average molecular weight is 536 g/mol. The minimum absolute atomic E-state index is 0.0386. The molecule has 0 bridgehead atoms. The van der Waals surface area contributed by atoms with E-state index in [1.807, 2.05) is 41.0 Å². The summed E-state index contributed by atoms with van der Waals surface area (Å²) >= 11 is 7.11. The maximum Gasteiger partial charge on any atom is 0.326 e. The molecular weight excluding hydrogens is 512 g/mol. The number of likely N-dealkylation sites (tertiary alicyclic amines) is 1. The molecule has 3 aromatic rings. The summed E-state index contributed by atoms with van der Waals surface area (Å²) in [4.78, 5) is 30.1. The number of rotatable bonds is 5. The van der Waals surface area contributed by atoms with Gasteiger partial charge in [0.2, 0.25) is 5.91 Å². The van der Waals surface area contributed by atoms with E-state index < -0.39 is 0 Å². The molecule has 30 heavy (non-hydrogen) atoms. The van der Waals surface area contributed by atoms with Crippen LogP contribution in [0.25, 0.3) is 11.0 Å². The maximum absolute atomic E-state index is 12.6. The van der Waals surface area contributed by atoms with Crippen LogP contribution in [-0.4, -0.2) is 40.0 Å². The molecule has 0 radical (unpaired) electrons. The number of halogens is 2. The number of aryl methyl sites for hydroxylation is 1. The van der Waals surface area contributed by atoms with Crippen molar-refractivity contribution in [3.63, 3.8) is 0 Å². The molecule has 0 spiro atoms. The first-order valence-corrected chi connectivity index (χ1v) is 11.7. The fraction of sp³-hybridized carbons (Fsp3) is 0.364. The van der Waals surface area contributed by atoms with Crippen molar-refractivity contribution in [2.75, 3.05) is 25.0 Å². The fourth-order valence-corrected chi connectivity index (χ4v) is 5.58. The summed E-state index contributed by atoms with van der Waals surface area (Å²) < 4.78 is 3.62. The Hall–Kier alpha value is -1.90. The number of carbonyl (C=O) groups excluding carboxylic acids is 1. The number of benzene rings is 2. The maximum atomic E-state index is 12.6. The van der Waals surface area contributed by atoms with Gasteiger partial charge in [0.25, 0.3) is 0 Å². The number of anilines is 1. The molecule has 8 heteroatoms. The summed E-state index contributed by atoms with van der Waals surface area (Å²) in [6.45, 7) is 3.99. The largest absolute Gasteiger partial charge is 0.326 e. The second-order valence-electron chi connectivity index (χ2n) is 7.66. The van der Waals surface area contributed by atoms with Crippen molar-refractivity contribution in [2.24, 2.45) is 0 Å². The van der Waals surface area contributed by atoms with Crippen LogP contribution >= 0.6 is 31.9 Å². The zero-order valence-corrected chi connectivity index (χ0v) is 19.9. The van der Waals surface area contributed by atoms with Crippen molar-refractivity contribution < 1.29 is 4.79 Å². The van der Waals surface area contributed by atoms with Crippen molar-refractivity contribution in [3.8, 4) is 0 Å². The first kappa shape index (κ1) is 21.3. The number of imidazole rings is 1. The summed E-state index contributed by atoms with van der Waals surface area (Å²) in [5.41, 5.74) is 3.72. The summed E-state index contributed by atoms with van der Waals surface area (Å²) in [6, 6.07) is 12.0. The lowest BCUT2D eigenvalue weighted by Crippen LogP contribution is -2.41. The molecule has 1 saturated heterocycles. The van der Waals surface area contributed by atoms with E-state index >= 15 is 0 Å². The average Bonchev–Trinajstić information content (AvgIpc) is 3.07. The Kier molecular flexibility index (Phi) is 6.46. The van der Waals surface area contributed by atoms with Crippen molar-refractivity contribution >= 4 is 54.5 Å². The topological polar surface area (TPSA) is 70.1 Å². The third kappa shape index (κ3) is 4.40. The Bertz CT molecular complexity index is 1110. The Morgan fingerprint density at radius 2 is 1.83 bits per heavy atom. The number of piperidine rings is 1. The van der Waals surface area contributed by atoms with E-state index in [4.69, 9.17) is 0 Å². The zero-order chi connectivity index (χ0) is 21.3. The molecule has 1 aliphatic heterocycles. The molecule has 1 amide bonds. The van der Waals surface area contributed by atoms with Crippen LogP contribution in [0.4, 0.5) is 5.69 Å². The standard InChI is InChI=1S/C22H24Br2N4O2/c1-2-14-11-16(23)21(17(24)12-14)26-20(29)13-27-9-7-15(8-10-27)28-19-6-4-3-5-18(19)25-22(28)30/h3-6,11-12,15H,2,7-10,13H2,1H3,(H,25,30)(H,26,29). The summed E-state index contributed by atoms with van der Waals surface area (Å²) in [6.07, 6.45) is 2.61. The van der Waals surface area contributed by atoms with E-state index in [2.05, 4.69) is 54.0 Å². The molecule has 0 saturated carbocycles. The predicted octanol–water partition coefficient (Wildman–Crippen LogP) is 4.69. The van der Waals surface area contributed by atoms with Crippen LogP contribution in [0.1, 0.15) is 31.4 Å². The fourth-order valence-electron chi connectivity index (χ4n) is 4.10. The number of fused-ring (bicyclic) bond motifs is 1. The summed E-state index contributed by atoms with van der Waals surface area (Å²) in [5.74, 6) is -0.0386. The van der Waals surface area contributed by atoms with Crippen molar-refractivity contribution in [2.45, 2.75) is 32.2 Å². The SMILES string of the molecule is CCc1cc(Br)c(NC(=O)CN2CCC(n3c(=O)[nH]c4ccccc43)CC2)c(Br)c1. The molecule has 1 aliphatic rings. The number of aromatic amines is 1. The number of carbonyl (C=O) groups is 1. The van der Waals surface area contributed by atoms with E-state index in [0.717, 1.165) is 58.0 Å². The Balaban J connectivity index is 1.38. The highest BCUT2D eigenvalue weighted by atomic mass is 79.9. The molecule has 2 heterocycles. The number of H-pyrrole nitrogens is 1. The van der Waals surface area contributed by atoms with Crippen LogP contribution in [0.3, 0.4) is 0 Å². The molecule has 2 N–H and O–H groups in total. The number of para-hydroxylation sites is 2. The normalized spacial score (nSPS) is 15.6. The van der Waals surface area contributed by atoms with Gasteiger partial charge in [-0.15, -0.1) is 0 Å². The van der Waals surface area contributed by atoms with Gasteiger partial charge in [-0.25, -0.2) is 4.79 Å². The van der Waals surface area contributed by atoms with Crippen LogP contribution in [0.15, 0.2) is 50.1 Å². The number of hydrogen-bond acceptors (Lipinski definition) is 3. The van der Waals surface area contributed by atoms with E-state index in [0.29, 0.717) is 6.54 Å². The Labute approximate surface area is 191 Å². The van der Waals surface area contributed by atoms with Gasteiger partial charge in [-0.05, 0) is 81.0 Å². The van der Waals surface area contributed by atoms with Gasteiger partial charge in [-0.2, -0.15) is 0 Å². The lowest BCUT2D eigenvalue weighted by Gasteiger charge is -2.32. The molecule has 6 nitrogen and oxygen atoms in total. The van der Waals surface area contributed by atoms with Gasteiger partial charge in [0.15, 0.2) is 0 Å². The molecule has 1 aromatic heterocycles. The molecule has 1 fully saturated rings. The molecule has 0 unspecified atom stereocenters. The van der Waals surface area contributed by atoms with Gasteiger partial charge in [0, 0.05) is 28.1 Å². The highest BCUT2D eigenvalue weighted by molar-refractivity contribution is 9.11. The second kappa shape index (κ2) is 9.08. The van der Waals surface area contributed by atoms with Gasteiger partial charge in [-0.3, -0.25) is 14.3 Å². The summed E-state index contributed by atoms with van der Waals surface area (Å²) in [7, 11) is 0. The third-order valence-electron chi connectivity index (χ3n) is 5.69. The van der Waals surface area contributed by atoms with Crippen LogP contribution < -0.4 is 11.0 Å². The molecular formula is C22H24Br2N4O2. The lowest BCUT2D eigenvalue weighted by atomic mass is 10.0. The van der Waals surface area contributed by atoms with E-state index in [-0.39, 0.29) is 17.6 Å². The van der Waals surface area contributed by atoms with Crippen LogP contribution in [0, 0.1) is 0 Å². The first-order chi connectivity index (χ1) is 14.5. The monoisotopic (exact) mass is 534 g/mol. The van der Waals surface area contributed by atoms with Crippen molar-refractivity contribution in [1.29, 1.82) is 0 Å². The number of hydrogen-bond donors (Lipinski definition) is 2. The molecule has 4 rings (SSSR count). The van der Waals surface area contributed by atoms with Gasteiger partial charge < -0.3 is 10.3 Å². The van der Waals surface area contributed by atoms with Crippen LogP contribution in [0.2, 0.25) is 0 Å². The van der Waals surface area contributed by atoms with Crippen LogP contribution in [0.5, 0.6) is 0 Å². The summed E-state index contributed by atoms with van der Waals surface area (Å²) in [5, 5.41) is 3.01. The Morgan fingerprint density at radius 3 is 2.50 bits per heavy atom. The van der Waals surface area contributed by atoms with Gasteiger partial charge >= 0.3 is 5.69 Å². The third-order valence-corrected chi connectivity index (χ3v) is 6.94. The zero-order valence-electron chi connectivity index (χ0n) is 16.8.